The van der Waals surface area contributed by atoms with Crippen LogP contribution in [-0.2, 0) is 0 Å². The molecule has 1 heterocycles. The Morgan fingerprint density at radius 3 is 2.58 bits per heavy atom. The monoisotopic (exact) mass is 265 g/mol. The summed E-state index contributed by atoms with van der Waals surface area (Å²) in [7, 11) is 0. The minimum absolute atomic E-state index is 0.314. The van der Waals surface area contributed by atoms with E-state index < -0.39 is 11.6 Å². The quantitative estimate of drug-likeness (QED) is 0.792. The number of halogens is 2. The molecule has 4 N–H and O–H groups in total. The maximum Gasteiger partial charge on any atom is 0.160 e. The first-order valence-corrected chi connectivity index (χ1v) is 5.68. The van der Waals surface area contributed by atoms with Gasteiger partial charge in [0, 0.05) is 18.3 Å². The molecule has 0 amide bonds. The lowest BCUT2D eigenvalue weighted by Crippen LogP contribution is -2.07. The normalized spacial score (nSPS) is 10.3. The number of nitrogens with zero attached hydrogens (tertiary/aromatic N) is 2. The van der Waals surface area contributed by atoms with E-state index in [1.165, 1.54) is 12.4 Å². The van der Waals surface area contributed by atoms with E-state index in [0.717, 1.165) is 12.1 Å². The lowest BCUT2D eigenvalue weighted by molar-refractivity contribution is 0.509. The zero-order valence-electron chi connectivity index (χ0n) is 10.2. The van der Waals surface area contributed by atoms with E-state index in [2.05, 4.69) is 20.6 Å². The predicted molar refractivity (Wildman–Crippen MR) is 70.2 cm³/mol. The van der Waals surface area contributed by atoms with Crippen LogP contribution in [0, 0.1) is 11.6 Å². The molecule has 7 heteroatoms. The van der Waals surface area contributed by atoms with E-state index in [9.17, 15) is 8.78 Å². The second-order valence-corrected chi connectivity index (χ2v) is 3.77. The number of hydrogen-bond donors (Lipinski definition) is 3. The topological polar surface area (TPSA) is 75.9 Å². The van der Waals surface area contributed by atoms with Crippen LogP contribution < -0.4 is 16.4 Å². The number of hydrogen-bond acceptors (Lipinski definition) is 5. The van der Waals surface area contributed by atoms with E-state index in [-0.39, 0.29) is 0 Å². The molecule has 0 aliphatic carbocycles. The van der Waals surface area contributed by atoms with E-state index in [1.807, 2.05) is 6.92 Å². The summed E-state index contributed by atoms with van der Waals surface area (Å²) in [4.78, 5) is 7.95. The van der Waals surface area contributed by atoms with Crippen molar-refractivity contribution in [1.82, 2.24) is 9.97 Å². The molecule has 2 rings (SSSR count). The summed E-state index contributed by atoms with van der Waals surface area (Å²) in [5, 5.41) is 5.79. The molecule has 0 aliphatic heterocycles. The largest absolute Gasteiger partial charge is 0.393 e. The zero-order valence-corrected chi connectivity index (χ0v) is 10.2. The van der Waals surface area contributed by atoms with Crippen molar-refractivity contribution in [3.8, 4) is 0 Å². The molecule has 0 radical (unpaired) electrons. The van der Waals surface area contributed by atoms with Crippen LogP contribution in [0.5, 0.6) is 0 Å². The Labute approximate surface area is 108 Å². The van der Waals surface area contributed by atoms with Gasteiger partial charge in [-0.3, -0.25) is 0 Å². The number of nitrogens with one attached hydrogen (secondary N) is 2. The molecule has 0 spiro atoms. The van der Waals surface area contributed by atoms with Gasteiger partial charge in [0.2, 0.25) is 0 Å². The van der Waals surface area contributed by atoms with Crippen molar-refractivity contribution in [3.63, 3.8) is 0 Å². The molecule has 0 unspecified atom stereocenters. The number of nitrogens with two attached hydrogens (primary N) is 1. The molecule has 0 atom stereocenters. The number of benzene rings is 1. The van der Waals surface area contributed by atoms with E-state index in [1.54, 1.807) is 0 Å². The first-order chi connectivity index (χ1) is 9.11. The Kier molecular flexibility index (Phi) is 3.74. The average molecular weight is 265 g/mol. The second-order valence-electron chi connectivity index (χ2n) is 3.77. The van der Waals surface area contributed by atoms with Gasteiger partial charge < -0.3 is 16.4 Å². The first-order valence-electron chi connectivity index (χ1n) is 5.68. The lowest BCUT2D eigenvalue weighted by atomic mass is 10.3. The Morgan fingerprint density at radius 1 is 1.16 bits per heavy atom. The van der Waals surface area contributed by atoms with Crippen molar-refractivity contribution in [2.24, 2.45) is 0 Å². The third-order valence-corrected chi connectivity index (χ3v) is 2.41. The van der Waals surface area contributed by atoms with Crippen LogP contribution in [0.2, 0.25) is 0 Å². The van der Waals surface area contributed by atoms with Crippen molar-refractivity contribution in [3.05, 3.63) is 36.2 Å². The van der Waals surface area contributed by atoms with Crippen LogP contribution in [0.4, 0.5) is 31.8 Å². The fraction of sp³-hybridized carbons (Fsp3) is 0.167. The molecule has 2 aromatic rings. The van der Waals surface area contributed by atoms with Crippen molar-refractivity contribution < 1.29 is 8.78 Å². The van der Waals surface area contributed by atoms with E-state index in [0.29, 0.717) is 29.6 Å². The summed E-state index contributed by atoms with van der Waals surface area (Å²) in [6, 6.07) is 3.46. The molecule has 5 nitrogen and oxygen atoms in total. The van der Waals surface area contributed by atoms with E-state index >= 15 is 0 Å². The fourth-order valence-corrected chi connectivity index (χ4v) is 1.51. The molecule has 0 fully saturated rings. The Balaban J connectivity index is 2.27. The third-order valence-electron chi connectivity index (χ3n) is 2.41. The SMILES string of the molecule is CCNc1ncnc(Nc2ccc(F)c(F)c2)c1N. The van der Waals surface area contributed by atoms with Crippen LogP contribution in [0.1, 0.15) is 6.92 Å². The van der Waals surface area contributed by atoms with Gasteiger partial charge in [-0.05, 0) is 19.1 Å². The van der Waals surface area contributed by atoms with Gasteiger partial charge in [-0.1, -0.05) is 0 Å². The Hall–Kier alpha value is -2.44. The smallest absolute Gasteiger partial charge is 0.160 e. The van der Waals surface area contributed by atoms with Crippen LogP contribution in [0.25, 0.3) is 0 Å². The van der Waals surface area contributed by atoms with Gasteiger partial charge in [-0.2, -0.15) is 0 Å². The number of nitrogen functional groups attached to an aromatic ring is 1. The predicted octanol–water partition coefficient (Wildman–Crippen LogP) is 2.51. The minimum Gasteiger partial charge on any atom is -0.393 e. The zero-order chi connectivity index (χ0) is 13.8. The molecule has 100 valence electrons. The van der Waals surface area contributed by atoms with Gasteiger partial charge in [-0.15, -0.1) is 0 Å². The third kappa shape index (κ3) is 2.87. The van der Waals surface area contributed by atoms with Gasteiger partial charge in [-0.25, -0.2) is 18.7 Å². The standard InChI is InChI=1S/C12H13F2N5/c1-2-16-11-10(15)12(18-6-17-11)19-7-3-4-8(13)9(14)5-7/h3-6H,2,15H2,1H3,(H2,16,17,18,19). The van der Waals surface area contributed by atoms with Crippen molar-refractivity contribution in [2.75, 3.05) is 22.9 Å². The van der Waals surface area contributed by atoms with Gasteiger partial charge in [0.15, 0.2) is 23.3 Å². The summed E-state index contributed by atoms with van der Waals surface area (Å²) in [6.07, 6.45) is 1.33. The van der Waals surface area contributed by atoms with Crippen LogP contribution in [0.3, 0.4) is 0 Å². The van der Waals surface area contributed by atoms with Crippen molar-refractivity contribution >= 4 is 23.0 Å². The Morgan fingerprint density at radius 2 is 1.89 bits per heavy atom. The first kappa shape index (κ1) is 13.0. The highest BCUT2D eigenvalue weighted by atomic mass is 19.2. The summed E-state index contributed by atoms with van der Waals surface area (Å²) in [5.41, 5.74) is 6.53. The maximum absolute atomic E-state index is 13.1. The molecular formula is C12H13F2N5. The highest BCUT2D eigenvalue weighted by Gasteiger charge is 2.09. The maximum atomic E-state index is 13.1. The van der Waals surface area contributed by atoms with E-state index in [4.69, 9.17) is 5.73 Å². The molecule has 19 heavy (non-hydrogen) atoms. The number of aromatic nitrogens is 2. The summed E-state index contributed by atoms with van der Waals surface area (Å²) in [5.74, 6) is -1.03. The van der Waals surface area contributed by atoms with Gasteiger partial charge in [0.05, 0.1) is 0 Å². The van der Waals surface area contributed by atoms with Gasteiger partial charge in [0.1, 0.15) is 12.0 Å². The van der Waals surface area contributed by atoms with Gasteiger partial charge in [0.25, 0.3) is 0 Å². The highest BCUT2D eigenvalue weighted by molar-refractivity contribution is 5.77. The van der Waals surface area contributed by atoms with Crippen molar-refractivity contribution in [2.45, 2.75) is 6.92 Å². The lowest BCUT2D eigenvalue weighted by Gasteiger charge is -2.11. The molecule has 0 saturated carbocycles. The average Bonchev–Trinajstić information content (AvgIpc) is 2.39. The minimum atomic E-state index is -0.940. The molecular weight excluding hydrogens is 252 g/mol. The highest BCUT2D eigenvalue weighted by Crippen LogP contribution is 2.26. The molecule has 0 saturated heterocycles. The van der Waals surface area contributed by atoms with Crippen LogP contribution in [-0.4, -0.2) is 16.5 Å². The molecule has 1 aromatic heterocycles. The van der Waals surface area contributed by atoms with Gasteiger partial charge >= 0.3 is 0 Å². The van der Waals surface area contributed by atoms with Crippen LogP contribution in [0.15, 0.2) is 24.5 Å². The summed E-state index contributed by atoms with van der Waals surface area (Å²) < 4.78 is 25.9. The summed E-state index contributed by atoms with van der Waals surface area (Å²) >= 11 is 0. The molecule has 0 aliphatic rings. The number of rotatable bonds is 4. The fourth-order valence-electron chi connectivity index (χ4n) is 1.51. The second kappa shape index (κ2) is 5.47. The molecule has 0 bridgehead atoms. The Bertz CT molecular complexity index is 588. The molecule has 1 aromatic carbocycles. The van der Waals surface area contributed by atoms with Crippen molar-refractivity contribution in [1.29, 1.82) is 0 Å². The summed E-state index contributed by atoms with van der Waals surface area (Å²) in [6.45, 7) is 2.57. The number of anilines is 4. The van der Waals surface area contributed by atoms with Crippen LogP contribution >= 0.6 is 0 Å².